The van der Waals surface area contributed by atoms with Gasteiger partial charge in [-0.05, 0) is 44.9 Å². The van der Waals surface area contributed by atoms with Crippen molar-refractivity contribution in [1.82, 2.24) is 14.3 Å². The first-order valence-corrected chi connectivity index (χ1v) is 8.44. The van der Waals surface area contributed by atoms with Gasteiger partial charge in [-0.15, -0.1) is 0 Å². The van der Waals surface area contributed by atoms with E-state index in [1.807, 2.05) is 43.5 Å². The van der Waals surface area contributed by atoms with Crippen LogP contribution in [0.1, 0.15) is 48.9 Å². The molecule has 0 unspecified atom stereocenters. The van der Waals surface area contributed by atoms with Crippen molar-refractivity contribution < 1.29 is 14.3 Å². The normalized spacial score (nSPS) is 10.8. The topological polar surface area (TPSA) is 63.9 Å². The molecule has 0 spiro atoms. The van der Waals surface area contributed by atoms with Gasteiger partial charge < -0.3 is 9.64 Å². The van der Waals surface area contributed by atoms with Crippen LogP contribution in [-0.4, -0.2) is 45.9 Å². The van der Waals surface area contributed by atoms with Crippen LogP contribution in [0.2, 0.25) is 0 Å². The summed E-state index contributed by atoms with van der Waals surface area (Å²) >= 11 is 0. The molecule has 0 radical (unpaired) electrons. The fourth-order valence-electron chi connectivity index (χ4n) is 2.68. The molecule has 6 heteroatoms. The molecule has 0 bridgehead atoms. The van der Waals surface area contributed by atoms with Gasteiger partial charge in [-0.3, -0.25) is 14.0 Å². The van der Waals surface area contributed by atoms with Gasteiger partial charge in [0.25, 0.3) is 5.91 Å². The molecule has 130 valence electrons. The monoisotopic (exact) mass is 331 g/mol. The van der Waals surface area contributed by atoms with Crippen LogP contribution >= 0.6 is 0 Å². The Kier molecular flexibility index (Phi) is 5.95. The Morgan fingerprint density at radius 3 is 2.67 bits per heavy atom. The third-order valence-electron chi connectivity index (χ3n) is 3.95. The minimum absolute atomic E-state index is 0.102. The third kappa shape index (κ3) is 3.75. The molecule has 2 aromatic heterocycles. The van der Waals surface area contributed by atoms with Crippen LogP contribution in [-0.2, 0) is 16.0 Å². The van der Waals surface area contributed by atoms with E-state index in [0.717, 1.165) is 16.9 Å². The predicted octanol–water partition coefficient (Wildman–Crippen LogP) is 2.62. The van der Waals surface area contributed by atoms with Crippen molar-refractivity contribution in [1.29, 1.82) is 0 Å². The average Bonchev–Trinajstić information content (AvgIpc) is 2.92. The molecule has 0 atom stereocenters. The van der Waals surface area contributed by atoms with E-state index < -0.39 is 0 Å². The molecule has 0 N–H and O–H groups in total. The molecule has 0 aliphatic heterocycles. The smallest absolute Gasteiger partial charge is 0.307 e. The van der Waals surface area contributed by atoms with Gasteiger partial charge in [-0.2, -0.15) is 0 Å². The standard InChI is InChI=1S/C18H25N3O3/c1-5-14-17(21-11-8-13(4)12-15(21)19-14)18(23)20(6-2)10-9-16(22)24-7-3/h8,11-12H,5-7,9-10H2,1-4H3. The van der Waals surface area contributed by atoms with Gasteiger partial charge in [0.05, 0.1) is 18.7 Å². The Labute approximate surface area is 142 Å². The summed E-state index contributed by atoms with van der Waals surface area (Å²) in [7, 11) is 0. The summed E-state index contributed by atoms with van der Waals surface area (Å²) in [4.78, 5) is 30.8. The molecule has 2 aromatic rings. The molecule has 6 nitrogen and oxygen atoms in total. The van der Waals surface area contributed by atoms with E-state index in [-0.39, 0.29) is 18.3 Å². The zero-order valence-corrected chi connectivity index (χ0v) is 14.8. The summed E-state index contributed by atoms with van der Waals surface area (Å²) < 4.78 is 6.78. The Bertz CT molecular complexity index is 736. The minimum atomic E-state index is -0.284. The van der Waals surface area contributed by atoms with Crippen LogP contribution in [0.5, 0.6) is 0 Å². The van der Waals surface area contributed by atoms with Crippen molar-refractivity contribution >= 4 is 17.5 Å². The second-order valence-electron chi connectivity index (χ2n) is 5.63. The number of hydrogen-bond acceptors (Lipinski definition) is 4. The number of esters is 1. The molecule has 0 fully saturated rings. The van der Waals surface area contributed by atoms with Crippen LogP contribution in [0, 0.1) is 6.92 Å². The maximum atomic E-state index is 13.0. The van der Waals surface area contributed by atoms with E-state index in [1.165, 1.54) is 0 Å². The number of ether oxygens (including phenoxy) is 1. The van der Waals surface area contributed by atoms with E-state index >= 15 is 0 Å². The van der Waals surface area contributed by atoms with Crippen molar-refractivity contribution in [3.63, 3.8) is 0 Å². The van der Waals surface area contributed by atoms with Crippen molar-refractivity contribution in [2.45, 2.75) is 40.5 Å². The zero-order valence-electron chi connectivity index (χ0n) is 14.8. The molecule has 0 saturated carbocycles. The molecule has 0 aliphatic rings. The first-order valence-electron chi connectivity index (χ1n) is 8.44. The highest BCUT2D eigenvalue weighted by Gasteiger charge is 2.23. The summed E-state index contributed by atoms with van der Waals surface area (Å²) in [5.41, 5.74) is 3.24. The number of carbonyl (C=O) groups excluding carboxylic acids is 2. The van der Waals surface area contributed by atoms with Gasteiger partial charge in [0, 0.05) is 19.3 Å². The average molecular weight is 331 g/mol. The number of pyridine rings is 1. The highest BCUT2D eigenvalue weighted by molar-refractivity contribution is 5.95. The Morgan fingerprint density at radius 2 is 2.04 bits per heavy atom. The number of fused-ring (bicyclic) bond motifs is 1. The molecule has 0 aromatic carbocycles. The second kappa shape index (κ2) is 7.95. The highest BCUT2D eigenvalue weighted by Crippen LogP contribution is 2.17. The van der Waals surface area contributed by atoms with Gasteiger partial charge in [0.2, 0.25) is 0 Å². The number of aromatic nitrogens is 2. The van der Waals surface area contributed by atoms with Crippen molar-refractivity contribution in [3.8, 4) is 0 Å². The summed E-state index contributed by atoms with van der Waals surface area (Å²) in [6.45, 7) is 8.89. The number of hydrogen-bond donors (Lipinski definition) is 0. The molecular formula is C18H25N3O3. The number of aryl methyl sites for hydroxylation is 2. The molecular weight excluding hydrogens is 306 g/mol. The van der Waals surface area contributed by atoms with Gasteiger partial charge in [0.1, 0.15) is 11.3 Å². The zero-order chi connectivity index (χ0) is 17.7. The summed E-state index contributed by atoms with van der Waals surface area (Å²) in [5, 5.41) is 0. The van der Waals surface area contributed by atoms with Crippen LogP contribution in [0.25, 0.3) is 5.65 Å². The van der Waals surface area contributed by atoms with E-state index in [0.29, 0.717) is 31.8 Å². The Balaban J connectivity index is 2.29. The van der Waals surface area contributed by atoms with Crippen molar-refractivity contribution in [2.75, 3.05) is 19.7 Å². The second-order valence-corrected chi connectivity index (χ2v) is 5.63. The van der Waals surface area contributed by atoms with Gasteiger partial charge in [-0.25, -0.2) is 4.98 Å². The minimum Gasteiger partial charge on any atom is -0.466 e. The number of amides is 1. The van der Waals surface area contributed by atoms with Crippen molar-refractivity contribution in [3.05, 3.63) is 35.3 Å². The molecule has 1 amide bonds. The van der Waals surface area contributed by atoms with Crippen LogP contribution in [0.15, 0.2) is 18.3 Å². The van der Waals surface area contributed by atoms with E-state index in [9.17, 15) is 9.59 Å². The summed E-state index contributed by atoms with van der Waals surface area (Å²) in [6, 6.07) is 3.92. The lowest BCUT2D eigenvalue weighted by atomic mass is 10.2. The SMILES string of the molecule is CCOC(=O)CCN(CC)C(=O)c1c(CC)nc2cc(C)ccn12. The van der Waals surface area contributed by atoms with Gasteiger partial charge in [0.15, 0.2) is 0 Å². The summed E-state index contributed by atoms with van der Waals surface area (Å²) in [6.07, 6.45) is 2.76. The van der Waals surface area contributed by atoms with Crippen LogP contribution < -0.4 is 0 Å². The number of nitrogens with zero attached hydrogens (tertiary/aromatic N) is 3. The van der Waals surface area contributed by atoms with Gasteiger partial charge in [-0.1, -0.05) is 6.92 Å². The van der Waals surface area contributed by atoms with Gasteiger partial charge >= 0.3 is 5.97 Å². The predicted molar refractivity (Wildman–Crippen MR) is 92.1 cm³/mol. The lowest BCUT2D eigenvalue weighted by molar-refractivity contribution is -0.143. The Hall–Kier alpha value is -2.37. The van der Waals surface area contributed by atoms with E-state index in [1.54, 1.807) is 11.8 Å². The maximum Gasteiger partial charge on any atom is 0.307 e. The third-order valence-corrected chi connectivity index (χ3v) is 3.95. The van der Waals surface area contributed by atoms with Crippen molar-refractivity contribution in [2.24, 2.45) is 0 Å². The largest absolute Gasteiger partial charge is 0.466 e. The number of carbonyl (C=O) groups is 2. The molecule has 0 saturated heterocycles. The van der Waals surface area contributed by atoms with E-state index in [4.69, 9.17) is 4.74 Å². The molecule has 0 aliphatic carbocycles. The molecule has 24 heavy (non-hydrogen) atoms. The van der Waals surface area contributed by atoms with Crippen LogP contribution in [0.3, 0.4) is 0 Å². The first kappa shape index (κ1) is 18.0. The molecule has 2 heterocycles. The maximum absolute atomic E-state index is 13.0. The summed E-state index contributed by atoms with van der Waals surface area (Å²) in [5.74, 6) is -0.386. The number of imidazole rings is 1. The lowest BCUT2D eigenvalue weighted by Crippen LogP contribution is -2.34. The number of rotatable bonds is 7. The fourth-order valence-corrected chi connectivity index (χ4v) is 2.68. The highest BCUT2D eigenvalue weighted by atomic mass is 16.5. The van der Waals surface area contributed by atoms with E-state index in [2.05, 4.69) is 4.98 Å². The fraction of sp³-hybridized carbons (Fsp3) is 0.500. The molecule has 2 rings (SSSR count). The van der Waals surface area contributed by atoms with Crippen LogP contribution in [0.4, 0.5) is 0 Å². The quantitative estimate of drug-likeness (QED) is 0.732. The first-order chi connectivity index (χ1) is 11.5. The Morgan fingerprint density at radius 1 is 1.29 bits per heavy atom. The lowest BCUT2D eigenvalue weighted by Gasteiger charge is -2.20.